The summed E-state index contributed by atoms with van der Waals surface area (Å²) in [6, 6.07) is 5.58. The van der Waals surface area contributed by atoms with Crippen LogP contribution in [0.25, 0.3) is 17.3 Å². The van der Waals surface area contributed by atoms with Gasteiger partial charge in [0.1, 0.15) is 18.0 Å². The Labute approximate surface area is 221 Å². The summed E-state index contributed by atoms with van der Waals surface area (Å²) in [6.07, 6.45) is 11.1. The van der Waals surface area contributed by atoms with Crippen LogP contribution in [0, 0.1) is 11.3 Å². The van der Waals surface area contributed by atoms with Crippen LogP contribution in [0.3, 0.4) is 0 Å². The van der Waals surface area contributed by atoms with Crippen LogP contribution in [-0.4, -0.2) is 61.3 Å². The van der Waals surface area contributed by atoms with Crippen LogP contribution >= 0.6 is 0 Å². The van der Waals surface area contributed by atoms with E-state index in [-0.39, 0.29) is 23.6 Å². The largest absolute Gasteiger partial charge is 0.468 e. The second kappa shape index (κ2) is 9.80. The lowest BCUT2D eigenvalue weighted by Gasteiger charge is -2.36. The van der Waals surface area contributed by atoms with Gasteiger partial charge in [-0.3, -0.25) is 9.69 Å². The summed E-state index contributed by atoms with van der Waals surface area (Å²) in [6.45, 7) is 5.02. The van der Waals surface area contributed by atoms with Crippen LogP contribution in [0.4, 0.5) is 0 Å². The number of nitrogens with zero attached hydrogens (tertiary/aromatic N) is 7. The molecule has 3 aromatic rings. The highest BCUT2D eigenvalue weighted by Gasteiger charge is 2.48. The summed E-state index contributed by atoms with van der Waals surface area (Å²) in [5, 5.41) is 18.0. The number of likely N-dealkylation sites (N-methyl/N-ethyl adjacent to an activating group) is 1. The first-order chi connectivity index (χ1) is 18.5. The predicted molar refractivity (Wildman–Crippen MR) is 138 cm³/mol. The van der Waals surface area contributed by atoms with Gasteiger partial charge < -0.3 is 9.26 Å². The molecule has 196 valence electrons. The molecule has 38 heavy (non-hydrogen) atoms. The SMILES string of the molecule is C=C[C@H](Oc1cc(-n2ccc(C#N)n2)nc(-c2noc3c2CCC[C@@]32CCCCC2=O)n1)[C@@H]1CCCN1C. The first-order valence-electron chi connectivity index (χ1n) is 13.4. The molecule has 2 aliphatic carbocycles. The topological polar surface area (TPSA) is 123 Å². The third-order valence-electron chi connectivity index (χ3n) is 8.33. The molecule has 0 bridgehead atoms. The number of hydrogen-bond donors (Lipinski definition) is 0. The molecule has 10 nitrogen and oxygen atoms in total. The molecule has 0 amide bonds. The van der Waals surface area contributed by atoms with Crippen LogP contribution < -0.4 is 4.74 Å². The number of hydrogen-bond acceptors (Lipinski definition) is 9. The van der Waals surface area contributed by atoms with E-state index in [0.717, 1.165) is 63.5 Å². The van der Waals surface area contributed by atoms with Gasteiger partial charge in [0.05, 0.1) is 11.5 Å². The fourth-order valence-electron chi connectivity index (χ4n) is 6.35. The molecule has 0 aromatic carbocycles. The van der Waals surface area contributed by atoms with E-state index in [1.807, 2.05) is 6.08 Å². The van der Waals surface area contributed by atoms with Gasteiger partial charge in [0.15, 0.2) is 28.8 Å². The monoisotopic (exact) mass is 513 g/mol. The van der Waals surface area contributed by atoms with Crippen molar-refractivity contribution in [3.63, 3.8) is 0 Å². The van der Waals surface area contributed by atoms with Gasteiger partial charge in [-0.15, -0.1) is 0 Å². The highest BCUT2D eigenvalue weighted by Crippen LogP contribution is 2.47. The molecule has 1 saturated heterocycles. The van der Waals surface area contributed by atoms with Crippen molar-refractivity contribution in [3.8, 4) is 29.3 Å². The maximum absolute atomic E-state index is 13.1. The predicted octanol–water partition coefficient (Wildman–Crippen LogP) is 3.93. The lowest BCUT2D eigenvalue weighted by molar-refractivity contribution is -0.128. The molecule has 3 aliphatic rings. The van der Waals surface area contributed by atoms with Crippen molar-refractivity contribution in [2.45, 2.75) is 75.3 Å². The van der Waals surface area contributed by atoms with E-state index in [2.05, 4.69) is 34.9 Å². The van der Waals surface area contributed by atoms with Gasteiger partial charge in [0.2, 0.25) is 5.88 Å². The summed E-state index contributed by atoms with van der Waals surface area (Å²) in [4.78, 5) is 24.9. The zero-order valence-electron chi connectivity index (χ0n) is 21.6. The summed E-state index contributed by atoms with van der Waals surface area (Å²) in [7, 11) is 2.09. The van der Waals surface area contributed by atoms with Crippen molar-refractivity contribution in [2.24, 2.45) is 0 Å². The van der Waals surface area contributed by atoms with Crippen molar-refractivity contribution in [1.29, 1.82) is 5.26 Å². The lowest BCUT2D eigenvalue weighted by Crippen LogP contribution is -2.41. The van der Waals surface area contributed by atoms with Crippen LogP contribution in [0.2, 0.25) is 0 Å². The molecule has 0 unspecified atom stereocenters. The van der Waals surface area contributed by atoms with Gasteiger partial charge in [-0.25, -0.2) is 9.67 Å². The number of carbonyl (C=O) groups excluding carboxylic acids is 1. The number of Topliss-reactive ketones (excluding diaryl/α,β-unsaturated/α-hetero) is 1. The number of fused-ring (bicyclic) bond motifs is 2. The Morgan fingerprint density at radius 3 is 2.87 bits per heavy atom. The summed E-state index contributed by atoms with van der Waals surface area (Å²) >= 11 is 0. The number of nitriles is 1. The molecule has 0 radical (unpaired) electrons. The maximum atomic E-state index is 13.1. The molecule has 0 N–H and O–H groups in total. The van der Waals surface area contributed by atoms with Crippen molar-refractivity contribution >= 4 is 5.78 Å². The number of rotatable bonds is 6. The first kappa shape index (κ1) is 24.5. The van der Waals surface area contributed by atoms with Crippen LogP contribution in [0.15, 0.2) is 35.5 Å². The van der Waals surface area contributed by atoms with Crippen LogP contribution in [-0.2, 0) is 16.6 Å². The molecule has 6 rings (SSSR count). The van der Waals surface area contributed by atoms with Gasteiger partial charge >= 0.3 is 0 Å². The molecule has 3 aromatic heterocycles. The molecule has 4 heterocycles. The van der Waals surface area contributed by atoms with Gasteiger partial charge in [0.25, 0.3) is 0 Å². The van der Waals surface area contributed by atoms with E-state index in [4.69, 9.17) is 19.2 Å². The Morgan fingerprint density at radius 1 is 1.26 bits per heavy atom. The minimum absolute atomic E-state index is 0.196. The van der Waals surface area contributed by atoms with Crippen molar-refractivity contribution in [2.75, 3.05) is 13.6 Å². The molecule has 2 fully saturated rings. The molecular weight excluding hydrogens is 482 g/mol. The Kier molecular flexibility index (Phi) is 6.32. The summed E-state index contributed by atoms with van der Waals surface area (Å²) in [5.74, 6) is 2.09. The third-order valence-corrected chi connectivity index (χ3v) is 8.33. The Bertz CT molecular complexity index is 1420. The molecule has 10 heteroatoms. The maximum Gasteiger partial charge on any atom is 0.219 e. The fraction of sp³-hybridized carbons (Fsp3) is 0.500. The minimum Gasteiger partial charge on any atom is -0.468 e. The van der Waals surface area contributed by atoms with E-state index in [0.29, 0.717) is 35.4 Å². The van der Waals surface area contributed by atoms with Gasteiger partial charge in [-0.2, -0.15) is 15.3 Å². The normalized spacial score (nSPS) is 24.2. The standard InChI is InChI=1S/C28H31N7O3/c1-3-21(20-9-7-14-34(20)2)37-24-16-23(35-15-11-18(17-29)32-35)30-27(31-24)25-19-8-6-13-28(26(19)38-33-25)12-5-4-10-22(28)36/h3,11,15-16,20-21H,1,4-10,12-14H2,2H3/t20-,21-,28+/m0/s1. The van der Waals surface area contributed by atoms with Crippen LogP contribution in [0.5, 0.6) is 5.88 Å². The zero-order valence-corrected chi connectivity index (χ0v) is 21.6. The number of carbonyl (C=O) groups is 1. The first-order valence-corrected chi connectivity index (χ1v) is 13.4. The lowest BCUT2D eigenvalue weighted by atomic mass is 9.64. The zero-order chi connectivity index (χ0) is 26.3. The van der Waals surface area contributed by atoms with E-state index < -0.39 is 5.41 Å². The van der Waals surface area contributed by atoms with Crippen molar-refractivity contribution in [3.05, 3.63) is 48.0 Å². The number of likely N-dealkylation sites (tertiary alicyclic amines) is 1. The fourth-order valence-corrected chi connectivity index (χ4v) is 6.35. The Hall–Kier alpha value is -3.84. The van der Waals surface area contributed by atoms with Gasteiger partial charge in [-0.05, 0) is 70.7 Å². The van der Waals surface area contributed by atoms with E-state index in [1.165, 1.54) is 4.68 Å². The van der Waals surface area contributed by atoms with E-state index in [1.54, 1.807) is 18.3 Å². The van der Waals surface area contributed by atoms with Crippen molar-refractivity contribution in [1.82, 2.24) is 29.8 Å². The number of ketones is 1. The summed E-state index contributed by atoms with van der Waals surface area (Å²) < 4.78 is 13.9. The second-order valence-electron chi connectivity index (χ2n) is 10.6. The highest BCUT2D eigenvalue weighted by atomic mass is 16.5. The van der Waals surface area contributed by atoms with Crippen molar-refractivity contribution < 1.29 is 14.1 Å². The molecule has 1 saturated carbocycles. The van der Waals surface area contributed by atoms with Gasteiger partial charge in [-0.1, -0.05) is 18.2 Å². The third kappa shape index (κ3) is 4.11. The average molecular weight is 514 g/mol. The number of ether oxygens (including phenoxy) is 1. The average Bonchev–Trinajstić information content (AvgIpc) is 3.69. The Balaban J connectivity index is 1.43. The molecule has 1 spiro atoms. The van der Waals surface area contributed by atoms with Gasteiger partial charge in [0, 0.05) is 24.2 Å². The molecule has 1 aliphatic heterocycles. The minimum atomic E-state index is -0.585. The Morgan fingerprint density at radius 2 is 2.13 bits per heavy atom. The molecular formula is C28H31N7O3. The summed E-state index contributed by atoms with van der Waals surface area (Å²) in [5.41, 5.74) is 1.13. The van der Waals surface area contributed by atoms with Crippen LogP contribution in [0.1, 0.15) is 68.4 Å². The second-order valence-corrected chi connectivity index (χ2v) is 10.6. The quantitative estimate of drug-likeness (QED) is 0.451. The highest BCUT2D eigenvalue weighted by molar-refractivity contribution is 5.91. The van der Waals surface area contributed by atoms with E-state index >= 15 is 0 Å². The number of aromatic nitrogens is 5. The van der Waals surface area contributed by atoms with E-state index in [9.17, 15) is 10.1 Å². The smallest absolute Gasteiger partial charge is 0.219 e. The molecule has 3 atom stereocenters.